The van der Waals surface area contributed by atoms with E-state index in [9.17, 15) is 0 Å². The Bertz CT molecular complexity index is 484. The Kier molecular flexibility index (Phi) is 2.85. The zero-order valence-electron chi connectivity index (χ0n) is 7.35. The number of nitrogens with one attached hydrogen (secondary N) is 1. The van der Waals surface area contributed by atoms with Gasteiger partial charge in [-0.3, -0.25) is 5.43 Å². The molecule has 0 fully saturated rings. The molecule has 8 heteroatoms. The van der Waals surface area contributed by atoms with Gasteiger partial charge in [0.25, 0.3) is 0 Å². The van der Waals surface area contributed by atoms with E-state index in [0.29, 0.717) is 10.8 Å². The second kappa shape index (κ2) is 4.13. The molecule has 2 aromatic heterocycles. The number of nitrogen functional groups attached to an aromatic ring is 1. The molecule has 0 saturated heterocycles. The summed E-state index contributed by atoms with van der Waals surface area (Å²) >= 11 is 9.21. The number of rotatable bonds is 2. The van der Waals surface area contributed by atoms with Crippen molar-refractivity contribution >= 4 is 33.5 Å². The molecule has 2 rings (SSSR count). The minimum atomic E-state index is 0.279. The normalized spacial score (nSPS) is 10.3. The molecule has 0 unspecified atom stereocenters. The zero-order chi connectivity index (χ0) is 10.8. The van der Waals surface area contributed by atoms with E-state index < -0.39 is 0 Å². The Morgan fingerprint density at radius 1 is 1.47 bits per heavy atom. The van der Waals surface area contributed by atoms with E-state index in [0.717, 1.165) is 4.47 Å². The van der Waals surface area contributed by atoms with Gasteiger partial charge in [-0.25, -0.2) is 15.5 Å². The lowest BCUT2D eigenvalue weighted by Crippen LogP contribution is -2.12. The number of nitrogens with zero attached hydrogens (tertiary/aromatic N) is 4. The topological polar surface area (TPSA) is 81.6 Å². The highest BCUT2D eigenvalue weighted by molar-refractivity contribution is 9.10. The average molecular weight is 290 g/mol. The first kappa shape index (κ1) is 10.3. The SMILES string of the molecule is NNc1ncc(Cl)c(-n2cc(Br)cn2)n1. The van der Waals surface area contributed by atoms with Gasteiger partial charge in [0, 0.05) is 6.20 Å². The molecule has 0 aromatic carbocycles. The predicted molar refractivity (Wildman–Crippen MR) is 59.7 cm³/mol. The maximum atomic E-state index is 5.93. The van der Waals surface area contributed by atoms with E-state index in [-0.39, 0.29) is 5.95 Å². The molecule has 0 amide bonds. The van der Waals surface area contributed by atoms with Crippen molar-refractivity contribution in [3.8, 4) is 5.82 Å². The van der Waals surface area contributed by atoms with E-state index in [4.69, 9.17) is 17.4 Å². The van der Waals surface area contributed by atoms with Crippen molar-refractivity contribution in [1.29, 1.82) is 0 Å². The number of hydrogen-bond acceptors (Lipinski definition) is 5. The van der Waals surface area contributed by atoms with Crippen molar-refractivity contribution in [2.75, 3.05) is 5.43 Å². The van der Waals surface area contributed by atoms with Gasteiger partial charge in [-0.2, -0.15) is 10.1 Å². The highest BCUT2D eigenvalue weighted by atomic mass is 79.9. The van der Waals surface area contributed by atoms with Gasteiger partial charge in [0.2, 0.25) is 5.95 Å². The standard InChI is InChI=1S/C7H6BrClN6/c8-4-1-12-15(3-4)6-5(9)2-11-7(13-6)14-10/h1-3H,10H2,(H,11,13,14). The summed E-state index contributed by atoms with van der Waals surface area (Å²) in [5.41, 5.74) is 2.34. The van der Waals surface area contributed by atoms with E-state index in [1.165, 1.54) is 10.9 Å². The van der Waals surface area contributed by atoms with Crippen molar-refractivity contribution in [2.45, 2.75) is 0 Å². The fourth-order valence-electron chi connectivity index (χ4n) is 1.01. The van der Waals surface area contributed by atoms with Gasteiger partial charge < -0.3 is 0 Å². The van der Waals surface area contributed by atoms with Crippen LogP contribution in [-0.4, -0.2) is 19.7 Å². The molecule has 0 bridgehead atoms. The van der Waals surface area contributed by atoms with Crippen molar-refractivity contribution in [1.82, 2.24) is 19.7 Å². The van der Waals surface area contributed by atoms with Crippen molar-refractivity contribution in [3.63, 3.8) is 0 Å². The Hall–Kier alpha value is -1.18. The molecule has 0 saturated carbocycles. The van der Waals surface area contributed by atoms with Crippen LogP contribution in [0.25, 0.3) is 5.82 Å². The predicted octanol–water partition coefficient (Wildman–Crippen LogP) is 1.36. The van der Waals surface area contributed by atoms with Crippen LogP contribution < -0.4 is 11.3 Å². The highest BCUT2D eigenvalue weighted by Crippen LogP contribution is 2.19. The average Bonchev–Trinajstić information content (AvgIpc) is 2.65. The van der Waals surface area contributed by atoms with Gasteiger partial charge >= 0.3 is 0 Å². The van der Waals surface area contributed by atoms with Crippen LogP contribution >= 0.6 is 27.5 Å². The summed E-state index contributed by atoms with van der Waals surface area (Å²) in [6.45, 7) is 0. The summed E-state index contributed by atoms with van der Waals surface area (Å²) in [6.07, 6.45) is 4.82. The Morgan fingerprint density at radius 2 is 2.27 bits per heavy atom. The second-order valence-corrected chi connectivity index (χ2v) is 3.94. The number of hydrazine groups is 1. The summed E-state index contributed by atoms with van der Waals surface area (Å²) in [7, 11) is 0. The van der Waals surface area contributed by atoms with Crippen LogP contribution in [-0.2, 0) is 0 Å². The summed E-state index contributed by atoms with van der Waals surface area (Å²) in [5, 5.41) is 4.44. The first-order chi connectivity index (χ1) is 7.20. The van der Waals surface area contributed by atoms with Crippen molar-refractivity contribution < 1.29 is 0 Å². The second-order valence-electron chi connectivity index (χ2n) is 2.61. The molecule has 0 aliphatic carbocycles. The number of anilines is 1. The van der Waals surface area contributed by atoms with Gasteiger partial charge in [0.1, 0.15) is 5.02 Å². The van der Waals surface area contributed by atoms with Crippen molar-refractivity contribution in [2.24, 2.45) is 5.84 Å². The molecule has 2 aromatic rings. The lowest BCUT2D eigenvalue weighted by atomic mass is 10.6. The van der Waals surface area contributed by atoms with Crippen LogP contribution in [0.15, 0.2) is 23.1 Å². The molecule has 6 nitrogen and oxygen atoms in total. The minimum absolute atomic E-state index is 0.279. The Balaban J connectivity index is 2.51. The molecule has 78 valence electrons. The van der Waals surface area contributed by atoms with Crippen LogP contribution in [0.5, 0.6) is 0 Å². The number of aromatic nitrogens is 4. The Morgan fingerprint density at radius 3 is 2.87 bits per heavy atom. The maximum Gasteiger partial charge on any atom is 0.239 e. The third kappa shape index (κ3) is 2.09. The monoisotopic (exact) mass is 288 g/mol. The smallest absolute Gasteiger partial charge is 0.239 e. The van der Waals surface area contributed by atoms with Gasteiger partial charge in [-0.05, 0) is 15.9 Å². The summed E-state index contributed by atoms with van der Waals surface area (Å²) in [4.78, 5) is 7.93. The molecular formula is C7H6BrClN6. The molecule has 15 heavy (non-hydrogen) atoms. The van der Waals surface area contributed by atoms with Gasteiger partial charge in [-0.15, -0.1) is 0 Å². The van der Waals surface area contributed by atoms with Gasteiger partial charge in [-0.1, -0.05) is 11.6 Å². The molecule has 2 heterocycles. The fraction of sp³-hybridized carbons (Fsp3) is 0. The van der Waals surface area contributed by atoms with E-state index in [2.05, 4.69) is 36.4 Å². The van der Waals surface area contributed by atoms with Crippen LogP contribution in [0, 0.1) is 0 Å². The molecule has 0 radical (unpaired) electrons. The molecule has 0 atom stereocenters. The van der Waals surface area contributed by atoms with E-state index in [1.54, 1.807) is 12.4 Å². The maximum absolute atomic E-state index is 5.93. The first-order valence-corrected chi connectivity index (χ1v) is 5.07. The highest BCUT2D eigenvalue weighted by Gasteiger charge is 2.08. The van der Waals surface area contributed by atoms with Crippen LogP contribution in [0.4, 0.5) is 5.95 Å². The minimum Gasteiger partial charge on any atom is -0.292 e. The van der Waals surface area contributed by atoms with Gasteiger partial charge in [0.05, 0.1) is 16.9 Å². The largest absolute Gasteiger partial charge is 0.292 e. The molecular weight excluding hydrogens is 283 g/mol. The first-order valence-electron chi connectivity index (χ1n) is 3.90. The lowest BCUT2D eigenvalue weighted by molar-refractivity contribution is 0.840. The van der Waals surface area contributed by atoms with E-state index >= 15 is 0 Å². The summed E-state index contributed by atoms with van der Waals surface area (Å²) in [6, 6.07) is 0. The molecule has 0 aliphatic rings. The number of nitrogens with two attached hydrogens (primary N) is 1. The van der Waals surface area contributed by atoms with E-state index in [1.807, 2.05) is 0 Å². The fourth-order valence-corrected chi connectivity index (χ4v) is 1.47. The van der Waals surface area contributed by atoms with Crippen LogP contribution in [0.1, 0.15) is 0 Å². The third-order valence-electron chi connectivity index (χ3n) is 1.62. The third-order valence-corrected chi connectivity index (χ3v) is 2.30. The van der Waals surface area contributed by atoms with Gasteiger partial charge in [0.15, 0.2) is 5.82 Å². The van der Waals surface area contributed by atoms with Crippen LogP contribution in [0.3, 0.4) is 0 Å². The lowest BCUT2D eigenvalue weighted by Gasteiger charge is -2.04. The quantitative estimate of drug-likeness (QED) is 0.644. The van der Waals surface area contributed by atoms with Crippen LogP contribution in [0.2, 0.25) is 5.02 Å². The van der Waals surface area contributed by atoms with Crippen molar-refractivity contribution in [3.05, 3.63) is 28.1 Å². The summed E-state index contributed by atoms with van der Waals surface area (Å²) < 4.78 is 2.36. The number of hydrogen-bond donors (Lipinski definition) is 2. The summed E-state index contributed by atoms with van der Waals surface area (Å²) in [5.74, 6) is 5.94. The molecule has 0 aliphatic heterocycles. The molecule has 0 spiro atoms. The molecule has 3 N–H and O–H groups in total. The number of halogens is 2. The zero-order valence-corrected chi connectivity index (χ0v) is 9.70. The Labute approximate surface area is 98.6 Å².